The van der Waals surface area contributed by atoms with Gasteiger partial charge in [-0.2, -0.15) is 0 Å². The fourth-order valence-corrected chi connectivity index (χ4v) is 2.74. The van der Waals surface area contributed by atoms with E-state index in [2.05, 4.69) is 10.2 Å². The van der Waals surface area contributed by atoms with Crippen LogP contribution in [0.2, 0.25) is 10.0 Å². The van der Waals surface area contributed by atoms with Gasteiger partial charge in [0, 0.05) is 15.8 Å². The van der Waals surface area contributed by atoms with Crippen LogP contribution in [-0.4, -0.2) is 14.9 Å². The topological polar surface area (TPSA) is 56.7 Å². The van der Waals surface area contributed by atoms with Crippen molar-refractivity contribution in [2.75, 3.05) is 5.84 Å². The summed E-state index contributed by atoms with van der Waals surface area (Å²) in [5, 5.41) is 8.15. The highest BCUT2D eigenvalue weighted by molar-refractivity contribution is 7.98. The van der Waals surface area contributed by atoms with E-state index < -0.39 is 12.2 Å². The molecule has 0 spiro atoms. The minimum Gasteiger partial charge on any atom is -0.335 e. The average Bonchev–Trinajstić information content (AvgIpc) is 2.70. The molecule has 0 atom stereocenters. The first-order chi connectivity index (χ1) is 8.99. The summed E-state index contributed by atoms with van der Waals surface area (Å²) in [4.78, 5) is 0. The molecular formula is C10H8Cl2F2N4S. The number of nitrogens with zero attached hydrogens (tertiary/aromatic N) is 3. The van der Waals surface area contributed by atoms with E-state index in [9.17, 15) is 8.78 Å². The normalized spacial score (nSPS) is 11.2. The van der Waals surface area contributed by atoms with Crippen LogP contribution in [-0.2, 0) is 5.75 Å². The lowest BCUT2D eigenvalue weighted by molar-refractivity contribution is 0.136. The molecule has 0 radical (unpaired) electrons. The molecule has 1 aromatic heterocycles. The van der Waals surface area contributed by atoms with Crippen LogP contribution < -0.4 is 5.84 Å². The summed E-state index contributed by atoms with van der Waals surface area (Å²) in [5.74, 6) is 5.33. The molecule has 0 aliphatic carbocycles. The summed E-state index contributed by atoms with van der Waals surface area (Å²) in [6.45, 7) is 0. The van der Waals surface area contributed by atoms with Crippen molar-refractivity contribution in [1.29, 1.82) is 0 Å². The first-order valence-corrected chi connectivity index (χ1v) is 6.78. The molecule has 0 saturated heterocycles. The Labute approximate surface area is 121 Å². The summed E-state index contributed by atoms with van der Waals surface area (Å²) in [6.07, 6.45) is -2.76. The summed E-state index contributed by atoms with van der Waals surface area (Å²) in [6, 6.07) is 5.06. The number of nitrogen functional groups attached to an aromatic ring is 1. The molecule has 0 saturated carbocycles. The number of aromatic nitrogens is 3. The zero-order chi connectivity index (χ0) is 14.0. The summed E-state index contributed by atoms with van der Waals surface area (Å²) in [7, 11) is 0. The lowest BCUT2D eigenvalue weighted by atomic mass is 10.2. The van der Waals surface area contributed by atoms with Gasteiger partial charge in [-0.15, -0.1) is 10.2 Å². The predicted octanol–water partition coefficient (Wildman–Crippen LogP) is 3.53. The highest BCUT2D eigenvalue weighted by Crippen LogP contribution is 2.28. The predicted molar refractivity (Wildman–Crippen MR) is 71.2 cm³/mol. The molecule has 19 heavy (non-hydrogen) atoms. The largest absolute Gasteiger partial charge is 0.335 e. The molecule has 0 aliphatic heterocycles. The van der Waals surface area contributed by atoms with E-state index in [4.69, 9.17) is 29.0 Å². The van der Waals surface area contributed by atoms with Gasteiger partial charge in [-0.25, -0.2) is 13.5 Å². The van der Waals surface area contributed by atoms with Crippen LogP contribution in [0.3, 0.4) is 0 Å². The van der Waals surface area contributed by atoms with E-state index in [-0.39, 0.29) is 5.16 Å². The van der Waals surface area contributed by atoms with Gasteiger partial charge in [0.15, 0.2) is 0 Å². The minimum absolute atomic E-state index is 0.196. The van der Waals surface area contributed by atoms with Crippen molar-refractivity contribution in [3.8, 4) is 0 Å². The van der Waals surface area contributed by atoms with Gasteiger partial charge in [0.25, 0.3) is 6.43 Å². The van der Waals surface area contributed by atoms with E-state index in [1.807, 2.05) is 0 Å². The van der Waals surface area contributed by atoms with Crippen molar-refractivity contribution in [2.24, 2.45) is 0 Å². The summed E-state index contributed by atoms with van der Waals surface area (Å²) >= 11 is 12.9. The number of hydrogen-bond donors (Lipinski definition) is 1. The molecule has 102 valence electrons. The fourth-order valence-electron chi connectivity index (χ4n) is 1.32. The molecule has 2 aromatic rings. The van der Waals surface area contributed by atoms with Gasteiger partial charge in [0.1, 0.15) is 0 Å². The molecule has 2 N–H and O–H groups in total. The molecule has 0 unspecified atom stereocenters. The molecule has 0 amide bonds. The first-order valence-electron chi connectivity index (χ1n) is 5.04. The highest BCUT2D eigenvalue weighted by Gasteiger charge is 2.18. The van der Waals surface area contributed by atoms with E-state index >= 15 is 0 Å². The van der Waals surface area contributed by atoms with Gasteiger partial charge in [-0.05, 0) is 17.7 Å². The molecule has 0 aliphatic rings. The third-order valence-electron chi connectivity index (χ3n) is 2.26. The van der Waals surface area contributed by atoms with Gasteiger partial charge in [0.2, 0.25) is 11.0 Å². The Hall–Kier alpha value is -1.05. The maximum atomic E-state index is 12.5. The summed E-state index contributed by atoms with van der Waals surface area (Å²) in [5.41, 5.74) is 0.803. The smallest absolute Gasteiger partial charge is 0.299 e. The number of hydrogen-bond acceptors (Lipinski definition) is 4. The molecular weight excluding hydrogens is 317 g/mol. The molecule has 4 nitrogen and oxygen atoms in total. The van der Waals surface area contributed by atoms with Crippen LogP contribution in [0.25, 0.3) is 0 Å². The molecule has 0 bridgehead atoms. The highest BCUT2D eigenvalue weighted by atomic mass is 35.5. The van der Waals surface area contributed by atoms with E-state index in [1.165, 1.54) is 0 Å². The van der Waals surface area contributed by atoms with Gasteiger partial charge in [-0.3, -0.25) is 0 Å². The number of benzene rings is 1. The third kappa shape index (κ3) is 3.29. The van der Waals surface area contributed by atoms with Crippen LogP contribution >= 0.6 is 35.0 Å². The van der Waals surface area contributed by atoms with Gasteiger partial charge in [0.05, 0.1) is 0 Å². The number of halogens is 4. The molecule has 1 aromatic carbocycles. The second-order valence-corrected chi connectivity index (χ2v) is 5.32. The fraction of sp³-hybridized carbons (Fsp3) is 0.200. The van der Waals surface area contributed by atoms with Crippen LogP contribution in [0.4, 0.5) is 8.78 Å². The van der Waals surface area contributed by atoms with Gasteiger partial charge < -0.3 is 5.84 Å². The second kappa shape index (κ2) is 5.94. The molecule has 0 fully saturated rings. The van der Waals surface area contributed by atoms with Crippen molar-refractivity contribution in [3.05, 3.63) is 39.6 Å². The maximum absolute atomic E-state index is 12.5. The first kappa shape index (κ1) is 14.4. The van der Waals surface area contributed by atoms with Gasteiger partial charge in [-0.1, -0.05) is 41.0 Å². The minimum atomic E-state index is -2.76. The summed E-state index contributed by atoms with van der Waals surface area (Å²) < 4.78 is 25.7. The monoisotopic (exact) mass is 324 g/mol. The number of rotatable bonds is 4. The standard InChI is InChI=1S/C10H8Cl2F2N4S/c11-6-2-1-5(7(12)3-6)4-19-10-17-16-9(8(13)14)18(10)15/h1-3,8H,4,15H2. The number of nitrogens with two attached hydrogens (primary N) is 1. The van der Waals surface area contributed by atoms with E-state index in [1.54, 1.807) is 18.2 Å². The zero-order valence-corrected chi connectivity index (χ0v) is 11.7. The number of thioether (sulfide) groups is 1. The average molecular weight is 325 g/mol. The van der Waals surface area contributed by atoms with Crippen molar-refractivity contribution in [1.82, 2.24) is 14.9 Å². The van der Waals surface area contributed by atoms with E-state index in [0.29, 0.717) is 15.8 Å². The molecule has 9 heteroatoms. The Balaban J connectivity index is 2.10. The van der Waals surface area contributed by atoms with Crippen LogP contribution in [0, 0.1) is 0 Å². The van der Waals surface area contributed by atoms with Crippen LogP contribution in [0.5, 0.6) is 0 Å². The second-order valence-electron chi connectivity index (χ2n) is 3.54. The lowest BCUT2D eigenvalue weighted by Gasteiger charge is -2.05. The van der Waals surface area contributed by atoms with Crippen molar-refractivity contribution >= 4 is 35.0 Å². The van der Waals surface area contributed by atoms with E-state index in [0.717, 1.165) is 22.0 Å². The Kier molecular flexibility index (Phi) is 4.49. The molecule has 1 heterocycles. The molecule has 2 rings (SSSR count). The SMILES string of the molecule is Nn1c(SCc2ccc(Cl)cc2Cl)nnc1C(F)F. The number of alkyl halides is 2. The Morgan fingerprint density at radius 1 is 1.32 bits per heavy atom. The quantitative estimate of drug-likeness (QED) is 0.690. The lowest BCUT2D eigenvalue weighted by Crippen LogP contribution is -2.14. The Morgan fingerprint density at radius 3 is 2.63 bits per heavy atom. The third-order valence-corrected chi connectivity index (χ3v) is 3.84. The Bertz CT molecular complexity index is 591. The van der Waals surface area contributed by atoms with Gasteiger partial charge >= 0.3 is 0 Å². The van der Waals surface area contributed by atoms with Crippen LogP contribution in [0.1, 0.15) is 17.8 Å². The van der Waals surface area contributed by atoms with Crippen molar-refractivity contribution in [3.63, 3.8) is 0 Å². The Morgan fingerprint density at radius 2 is 2.05 bits per heavy atom. The maximum Gasteiger partial charge on any atom is 0.299 e. The van der Waals surface area contributed by atoms with Crippen LogP contribution in [0.15, 0.2) is 23.4 Å². The van der Waals surface area contributed by atoms with Crippen molar-refractivity contribution in [2.45, 2.75) is 17.3 Å². The zero-order valence-electron chi connectivity index (χ0n) is 9.36. The van der Waals surface area contributed by atoms with Crippen molar-refractivity contribution < 1.29 is 8.78 Å².